The van der Waals surface area contributed by atoms with E-state index in [9.17, 15) is 23.1 Å². The van der Waals surface area contributed by atoms with Crippen LogP contribution in [0, 0.1) is 17.2 Å². The monoisotopic (exact) mass is 435 g/mol. The maximum absolute atomic E-state index is 12.5. The summed E-state index contributed by atoms with van der Waals surface area (Å²) < 4.78 is 25.1. The highest BCUT2D eigenvalue weighted by Crippen LogP contribution is 2.35. The van der Waals surface area contributed by atoms with Crippen LogP contribution >= 0.6 is 0 Å². The minimum absolute atomic E-state index is 0.00828. The fraction of sp³-hybridized carbons (Fsp3) is 0.550. The fourth-order valence-electron chi connectivity index (χ4n) is 3.74. The summed E-state index contributed by atoms with van der Waals surface area (Å²) >= 11 is 0. The van der Waals surface area contributed by atoms with Gasteiger partial charge in [0.1, 0.15) is 5.54 Å². The number of hydrogen-bond acceptors (Lipinski definition) is 6. The average molecular weight is 436 g/mol. The number of likely N-dealkylation sites (tertiary alicyclic amines) is 1. The predicted octanol–water partition coefficient (Wildman–Crippen LogP) is 1.14. The lowest BCUT2D eigenvalue weighted by atomic mass is 10.0. The van der Waals surface area contributed by atoms with Crippen molar-refractivity contribution in [3.8, 4) is 6.07 Å². The molecule has 0 spiro atoms. The largest absolute Gasteiger partial charge is 0.465 e. The predicted molar refractivity (Wildman–Crippen MR) is 106 cm³/mol. The molecule has 2 aliphatic carbocycles. The number of rotatable bonds is 4. The molecule has 2 saturated carbocycles. The Hall–Kier alpha value is -2.64. The molecule has 0 unspecified atom stereocenters. The van der Waals surface area contributed by atoms with Gasteiger partial charge in [-0.3, -0.25) is 4.79 Å². The van der Waals surface area contributed by atoms with Crippen molar-refractivity contribution in [2.75, 3.05) is 13.1 Å². The van der Waals surface area contributed by atoms with E-state index >= 15 is 0 Å². The van der Waals surface area contributed by atoms with Gasteiger partial charge in [0.2, 0.25) is 5.91 Å². The number of nitriles is 1. The zero-order valence-electron chi connectivity index (χ0n) is 16.4. The smallest absolute Gasteiger partial charge is 0.405 e. The molecule has 0 aromatic heterocycles. The van der Waals surface area contributed by atoms with Crippen LogP contribution in [0.15, 0.2) is 35.2 Å². The Balaban J connectivity index is 0.000000239. The minimum atomic E-state index is -3.35. The van der Waals surface area contributed by atoms with E-state index in [0.717, 1.165) is 0 Å². The van der Waals surface area contributed by atoms with Crippen molar-refractivity contribution in [1.82, 2.24) is 10.2 Å². The van der Waals surface area contributed by atoms with Gasteiger partial charge in [-0.05, 0) is 44.2 Å². The lowest BCUT2D eigenvalue weighted by molar-refractivity contribution is -0.145. The number of carbonyl (C=O) groups is 2. The van der Waals surface area contributed by atoms with Crippen LogP contribution in [0.3, 0.4) is 0 Å². The van der Waals surface area contributed by atoms with Gasteiger partial charge in [-0.2, -0.15) is 5.26 Å². The van der Waals surface area contributed by atoms with E-state index in [0.29, 0.717) is 50.1 Å². The van der Waals surface area contributed by atoms with Crippen molar-refractivity contribution in [2.45, 2.75) is 53.9 Å². The standard InChI is InChI=1S/C15H19NO4S.C5H6N2O2/c17-12-9-16(10-12)15(18)11-6-7-14(8-11)21(19,20)13-4-2-1-3-5-13;6-3-5(1-2-5)7-4(8)9/h1-5,11-12,14,17H,6-10H2;7H,1-2H2,(H,8,9)/t11-,14-;/m1./s1. The molecular formula is C20H25N3O6S. The number of β-amino-alcohol motifs (C(OH)–C–C–N with tert-alkyl or cyclic N) is 1. The van der Waals surface area contributed by atoms with Gasteiger partial charge in [0, 0.05) is 19.0 Å². The van der Waals surface area contributed by atoms with Crippen LogP contribution in [-0.2, 0) is 14.6 Å². The maximum Gasteiger partial charge on any atom is 0.405 e. The molecule has 9 nitrogen and oxygen atoms in total. The summed E-state index contributed by atoms with van der Waals surface area (Å²) in [7, 11) is -3.35. The molecule has 3 fully saturated rings. The van der Waals surface area contributed by atoms with Gasteiger partial charge in [0.05, 0.1) is 22.3 Å². The number of amides is 2. The molecule has 3 N–H and O–H groups in total. The van der Waals surface area contributed by atoms with Gasteiger partial charge in [0.15, 0.2) is 9.84 Å². The van der Waals surface area contributed by atoms with E-state index in [1.165, 1.54) is 0 Å². The molecule has 3 aliphatic rings. The van der Waals surface area contributed by atoms with Gasteiger partial charge < -0.3 is 20.4 Å². The highest BCUT2D eigenvalue weighted by Gasteiger charge is 2.44. The maximum atomic E-state index is 12.5. The Morgan fingerprint density at radius 2 is 1.80 bits per heavy atom. The third kappa shape index (κ3) is 4.91. The third-order valence-electron chi connectivity index (χ3n) is 5.73. The first-order chi connectivity index (χ1) is 14.2. The molecule has 2 amide bonds. The zero-order chi connectivity index (χ0) is 21.9. The Morgan fingerprint density at radius 1 is 1.17 bits per heavy atom. The van der Waals surface area contributed by atoms with Gasteiger partial charge >= 0.3 is 6.09 Å². The summed E-state index contributed by atoms with van der Waals surface area (Å²) in [6.07, 6.45) is 1.30. The van der Waals surface area contributed by atoms with Crippen LogP contribution in [0.4, 0.5) is 4.79 Å². The summed E-state index contributed by atoms with van der Waals surface area (Å²) in [5.74, 6) is -0.230. The fourth-order valence-corrected chi connectivity index (χ4v) is 5.59. The van der Waals surface area contributed by atoms with Crippen molar-refractivity contribution < 1.29 is 28.2 Å². The first-order valence-electron chi connectivity index (χ1n) is 9.85. The van der Waals surface area contributed by atoms with E-state index in [1.807, 2.05) is 6.07 Å². The van der Waals surface area contributed by atoms with Gasteiger partial charge in [-0.1, -0.05) is 18.2 Å². The lowest BCUT2D eigenvalue weighted by Crippen LogP contribution is -2.55. The van der Waals surface area contributed by atoms with Crippen LogP contribution in [0.25, 0.3) is 0 Å². The third-order valence-corrected chi connectivity index (χ3v) is 7.96. The molecule has 0 radical (unpaired) electrons. The van der Waals surface area contributed by atoms with E-state index in [2.05, 4.69) is 5.32 Å². The lowest BCUT2D eigenvalue weighted by Gasteiger charge is -2.37. The molecule has 1 heterocycles. The van der Waals surface area contributed by atoms with E-state index in [-0.39, 0.29) is 11.8 Å². The highest BCUT2D eigenvalue weighted by molar-refractivity contribution is 7.92. The molecule has 2 atom stereocenters. The number of benzene rings is 1. The normalized spacial score (nSPS) is 24.6. The summed E-state index contributed by atoms with van der Waals surface area (Å²) in [4.78, 5) is 24.1. The van der Waals surface area contributed by atoms with E-state index < -0.39 is 32.8 Å². The molecule has 1 aliphatic heterocycles. The van der Waals surface area contributed by atoms with Gasteiger partial charge in [-0.25, -0.2) is 13.2 Å². The summed E-state index contributed by atoms with van der Waals surface area (Å²) in [5.41, 5.74) is -0.730. The Bertz CT molecular complexity index is 933. The second kappa shape index (κ2) is 8.62. The van der Waals surface area contributed by atoms with Crippen molar-refractivity contribution in [3.05, 3.63) is 30.3 Å². The number of sulfone groups is 1. The number of carboxylic acid groups (broad SMARTS) is 1. The second-order valence-corrected chi connectivity index (χ2v) is 10.2. The number of carbonyl (C=O) groups excluding carboxylic acids is 1. The van der Waals surface area contributed by atoms with Crippen LogP contribution in [0.2, 0.25) is 0 Å². The molecule has 162 valence electrons. The van der Waals surface area contributed by atoms with Crippen molar-refractivity contribution >= 4 is 21.8 Å². The second-order valence-electron chi connectivity index (χ2n) is 8.01. The van der Waals surface area contributed by atoms with Crippen molar-refractivity contribution in [1.29, 1.82) is 5.26 Å². The first kappa shape index (κ1) is 22.1. The van der Waals surface area contributed by atoms with Crippen molar-refractivity contribution in [3.63, 3.8) is 0 Å². The van der Waals surface area contributed by atoms with Crippen LogP contribution < -0.4 is 5.32 Å². The SMILES string of the molecule is N#CC1(NC(=O)O)CC1.O=C([C@@H]1CC[C@@H](S(=O)(=O)c2ccccc2)C1)N1CC(O)C1. The van der Waals surface area contributed by atoms with Crippen LogP contribution in [0.5, 0.6) is 0 Å². The Kier molecular flexibility index (Phi) is 6.33. The highest BCUT2D eigenvalue weighted by atomic mass is 32.2. The molecule has 1 saturated heterocycles. The number of hydrogen-bond donors (Lipinski definition) is 3. The van der Waals surface area contributed by atoms with E-state index in [4.69, 9.17) is 10.4 Å². The summed E-state index contributed by atoms with van der Waals surface area (Å²) in [5, 5.41) is 27.4. The van der Waals surface area contributed by atoms with E-state index in [1.54, 1.807) is 35.2 Å². The summed E-state index contributed by atoms with van der Waals surface area (Å²) in [6.45, 7) is 0.761. The molecule has 1 aromatic rings. The Morgan fingerprint density at radius 3 is 2.27 bits per heavy atom. The summed E-state index contributed by atoms with van der Waals surface area (Å²) in [6, 6.07) is 10.3. The van der Waals surface area contributed by atoms with Crippen molar-refractivity contribution in [2.24, 2.45) is 5.92 Å². The van der Waals surface area contributed by atoms with Crippen LogP contribution in [-0.4, -0.2) is 65.5 Å². The van der Waals surface area contributed by atoms with Gasteiger partial charge in [-0.15, -0.1) is 0 Å². The van der Waals surface area contributed by atoms with Crippen LogP contribution in [0.1, 0.15) is 32.1 Å². The molecule has 30 heavy (non-hydrogen) atoms. The number of nitrogens with one attached hydrogen (secondary N) is 1. The quantitative estimate of drug-likeness (QED) is 0.642. The number of aliphatic hydroxyl groups is 1. The molecule has 4 rings (SSSR count). The zero-order valence-corrected chi connectivity index (χ0v) is 17.2. The van der Waals surface area contributed by atoms with Gasteiger partial charge in [0.25, 0.3) is 0 Å². The molecule has 0 bridgehead atoms. The topological polar surface area (TPSA) is 148 Å². The Labute approximate surface area is 175 Å². The number of aliphatic hydroxyl groups excluding tert-OH is 1. The molecule has 1 aromatic carbocycles. The first-order valence-corrected chi connectivity index (χ1v) is 11.4. The minimum Gasteiger partial charge on any atom is -0.465 e. The molecule has 10 heteroatoms. The average Bonchev–Trinajstić information content (AvgIpc) is 3.27. The number of nitrogens with zero attached hydrogens (tertiary/aromatic N) is 2. The molecular weight excluding hydrogens is 410 g/mol.